The summed E-state index contributed by atoms with van der Waals surface area (Å²) in [6.45, 7) is 3.24. The van der Waals surface area contributed by atoms with E-state index < -0.39 is 0 Å². The number of nitrogens with zero attached hydrogens (tertiary/aromatic N) is 2. The Labute approximate surface area is 118 Å². The second kappa shape index (κ2) is 5.05. The zero-order valence-corrected chi connectivity index (χ0v) is 11.7. The van der Waals surface area contributed by atoms with Gasteiger partial charge in [-0.2, -0.15) is 0 Å². The van der Waals surface area contributed by atoms with Crippen molar-refractivity contribution >= 4 is 29.0 Å². The van der Waals surface area contributed by atoms with E-state index in [1.165, 1.54) is 17.4 Å². The Hall–Kier alpha value is -2.21. The van der Waals surface area contributed by atoms with Gasteiger partial charge in [-0.3, -0.25) is 19.1 Å². The number of aromatic nitrogens is 1. The number of rotatable bonds is 2. The number of thiazole rings is 1. The summed E-state index contributed by atoms with van der Waals surface area (Å²) in [5.74, 6) is -0.300. The monoisotopic (exact) mass is 287 g/mol. The number of carbonyl (C=O) groups is 1. The Morgan fingerprint density at radius 3 is 2.85 bits per heavy atom. The number of anilines is 1. The van der Waals surface area contributed by atoms with Crippen LogP contribution in [0.5, 0.6) is 0 Å². The number of fused-ring (bicyclic) bond motifs is 1. The van der Waals surface area contributed by atoms with Gasteiger partial charge >= 0.3 is 0 Å². The lowest BCUT2D eigenvalue weighted by atomic mass is 10.2. The maximum Gasteiger partial charge on any atom is 0.270 e. The standard InChI is InChI=1S/C14H13N3O2S/c1-9-2-4-10(5-3-9)16-12(18)8-11-13(19)17-7-6-15-14(17)20-11/h2-5,8H,6-7H2,1H3,(H,16,18)/b11-8+. The second-order valence-corrected chi connectivity index (χ2v) is 5.60. The molecule has 1 aromatic carbocycles. The van der Waals surface area contributed by atoms with Crippen LogP contribution in [0.25, 0.3) is 6.08 Å². The maximum absolute atomic E-state index is 12.0. The molecule has 20 heavy (non-hydrogen) atoms. The fourth-order valence-corrected chi connectivity index (χ4v) is 3.00. The molecule has 1 aliphatic heterocycles. The number of carbonyl (C=O) groups excluding carboxylic acids is 1. The molecule has 0 saturated carbocycles. The van der Waals surface area contributed by atoms with E-state index in [2.05, 4.69) is 10.3 Å². The molecule has 1 amide bonds. The third-order valence-electron chi connectivity index (χ3n) is 3.04. The van der Waals surface area contributed by atoms with Crippen LogP contribution in [0.1, 0.15) is 5.56 Å². The normalized spacial score (nSPS) is 13.9. The molecule has 0 unspecified atom stereocenters. The van der Waals surface area contributed by atoms with E-state index in [1.54, 1.807) is 4.57 Å². The molecule has 2 heterocycles. The molecule has 0 atom stereocenters. The first-order chi connectivity index (χ1) is 9.63. The number of hydrogen-bond donors (Lipinski definition) is 1. The minimum Gasteiger partial charge on any atom is -0.322 e. The van der Waals surface area contributed by atoms with Crippen molar-refractivity contribution in [3.8, 4) is 0 Å². The van der Waals surface area contributed by atoms with Gasteiger partial charge in [0.2, 0.25) is 5.91 Å². The highest BCUT2D eigenvalue weighted by molar-refractivity contribution is 7.07. The SMILES string of the molecule is Cc1ccc(NC(=O)/C=c2/sc3n(c2=O)CCN=3)cc1. The van der Waals surface area contributed by atoms with Crippen molar-refractivity contribution < 1.29 is 4.79 Å². The van der Waals surface area contributed by atoms with Crippen molar-refractivity contribution in [2.45, 2.75) is 13.5 Å². The molecule has 0 radical (unpaired) electrons. The number of amides is 1. The fourth-order valence-electron chi connectivity index (χ4n) is 2.00. The zero-order chi connectivity index (χ0) is 14.1. The minimum atomic E-state index is -0.300. The number of aryl methyl sites for hydroxylation is 1. The van der Waals surface area contributed by atoms with E-state index in [0.29, 0.717) is 28.1 Å². The average molecular weight is 287 g/mol. The lowest BCUT2D eigenvalue weighted by Crippen LogP contribution is -2.30. The molecule has 0 fully saturated rings. The molecule has 5 nitrogen and oxygen atoms in total. The maximum atomic E-state index is 12.0. The summed E-state index contributed by atoms with van der Waals surface area (Å²) in [4.78, 5) is 28.8. The Morgan fingerprint density at radius 1 is 1.40 bits per heavy atom. The van der Waals surface area contributed by atoms with Crippen molar-refractivity contribution in [2.24, 2.45) is 4.99 Å². The van der Waals surface area contributed by atoms with Crippen LogP contribution in [0.4, 0.5) is 5.69 Å². The molecule has 1 aromatic heterocycles. The van der Waals surface area contributed by atoms with Crippen LogP contribution in [0.3, 0.4) is 0 Å². The number of benzene rings is 1. The number of hydrogen-bond acceptors (Lipinski definition) is 4. The fraction of sp³-hybridized carbons (Fsp3) is 0.214. The molecular weight excluding hydrogens is 274 g/mol. The highest BCUT2D eigenvalue weighted by atomic mass is 32.1. The molecule has 6 heteroatoms. The summed E-state index contributed by atoms with van der Waals surface area (Å²) >= 11 is 1.26. The quantitative estimate of drug-likeness (QED) is 0.862. The lowest BCUT2D eigenvalue weighted by Gasteiger charge is -2.01. The van der Waals surface area contributed by atoms with Gasteiger partial charge in [-0.1, -0.05) is 29.0 Å². The van der Waals surface area contributed by atoms with Gasteiger partial charge in [0.25, 0.3) is 5.56 Å². The minimum absolute atomic E-state index is 0.134. The van der Waals surface area contributed by atoms with Crippen LogP contribution in [0.15, 0.2) is 34.1 Å². The molecule has 3 rings (SSSR count). The van der Waals surface area contributed by atoms with Crippen LogP contribution >= 0.6 is 11.3 Å². The van der Waals surface area contributed by atoms with Gasteiger partial charge in [-0.25, -0.2) is 0 Å². The molecule has 2 aromatic rings. The molecule has 0 bridgehead atoms. The third kappa shape index (κ3) is 2.42. The molecule has 1 N–H and O–H groups in total. The zero-order valence-electron chi connectivity index (χ0n) is 10.9. The highest BCUT2D eigenvalue weighted by Crippen LogP contribution is 2.08. The van der Waals surface area contributed by atoms with Crippen molar-refractivity contribution in [1.82, 2.24) is 4.57 Å². The predicted molar refractivity (Wildman–Crippen MR) is 78.5 cm³/mol. The summed E-state index contributed by atoms with van der Waals surface area (Å²) in [6.07, 6.45) is 1.34. The predicted octanol–water partition coefficient (Wildman–Crippen LogP) is 0.271. The van der Waals surface area contributed by atoms with Gasteiger partial charge < -0.3 is 5.32 Å². The Morgan fingerprint density at radius 2 is 2.15 bits per heavy atom. The molecule has 0 aliphatic carbocycles. The van der Waals surface area contributed by atoms with Crippen LogP contribution in [0, 0.1) is 6.92 Å². The molecule has 102 valence electrons. The highest BCUT2D eigenvalue weighted by Gasteiger charge is 2.10. The average Bonchev–Trinajstić information content (AvgIpc) is 2.97. The first-order valence-corrected chi connectivity index (χ1v) is 7.08. The number of nitrogens with one attached hydrogen (secondary N) is 1. The summed E-state index contributed by atoms with van der Waals surface area (Å²) in [5, 5.41) is 2.74. The van der Waals surface area contributed by atoms with Gasteiger partial charge in [0.1, 0.15) is 4.53 Å². The summed E-state index contributed by atoms with van der Waals surface area (Å²) in [7, 11) is 0. The summed E-state index contributed by atoms with van der Waals surface area (Å²) < 4.78 is 2.03. The Balaban J connectivity index is 1.87. The van der Waals surface area contributed by atoms with E-state index in [-0.39, 0.29) is 11.5 Å². The van der Waals surface area contributed by atoms with Crippen LogP contribution in [0.2, 0.25) is 0 Å². The van der Waals surface area contributed by atoms with Gasteiger partial charge in [-0.05, 0) is 19.1 Å². The van der Waals surface area contributed by atoms with Gasteiger partial charge in [-0.15, -0.1) is 0 Å². The van der Waals surface area contributed by atoms with E-state index in [9.17, 15) is 9.59 Å². The van der Waals surface area contributed by atoms with E-state index in [4.69, 9.17) is 0 Å². The summed E-state index contributed by atoms with van der Waals surface area (Å²) in [6, 6.07) is 7.50. The van der Waals surface area contributed by atoms with E-state index >= 15 is 0 Å². The van der Waals surface area contributed by atoms with Crippen LogP contribution in [-0.2, 0) is 11.3 Å². The smallest absolute Gasteiger partial charge is 0.270 e. The van der Waals surface area contributed by atoms with E-state index in [1.807, 2.05) is 31.2 Å². The van der Waals surface area contributed by atoms with Gasteiger partial charge in [0, 0.05) is 18.3 Å². The van der Waals surface area contributed by atoms with Crippen molar-refractivity contribution in [3.05, 3.63) is 49.5 Å². The third-order valence-corrected chi connectivity index (χ3v) is 4.08. The second-order valence-electron chi connectivity index (χ2n) is 4.59. The molecular formula is C14H13N3O2S. The van der Waals surface area contributed by atoms with Gasteiger partial charge in [0.05, 0.1) is 6.54 Å². The van der Waals surface area contributed by atoms with Crippen LogP contribution < -0.4 is 20.2 Å². The topological polar surface area (TPSA) is 63.5 Å². The largest absolute Gasteiger partial charge is 0.322 e. The van der Waals surface area contributed by atoms with Crippen molar-refractivity contribution in [2.75, 3.05) is 11.9 Å². The van der Waals surface area contributed by atoms with Crippen LogP contribution in [-0.4, -0.2) is 17.0 Å². The Bertz CT molecular complexity index is 831. The first kappa shape index (κ1) is 12.8. The lowest BCUT2D eigenvalue weighted by molar-refractivity contribution is -0.110. The molecule has 0 spiro atoms. The molecule has 0 saturated heterocycles. The first-order valence-electron chi connectivity index (χ1n) is 6.27. The molecule has 1 aliphatic rings. The van der Waals surface area contributed by atoms with Crippen molar-refractivity contribution in [1.29, 1.82) is 0 Å². The van der Waals surface area contributed by atoms with Gasteiger partial charge in [0.15, 0.2) is 4.80 Å². The van der Waals surface area contributed by atoms with E-state index in [0.717, 1.165) is 5.56 Å². The van der Waals surface area contributed by atoms with Crippen molar-refractivity contribution in [3.63, 3.8) is 0 Å². The summed E-state index contributed by atoms with van der Waals surface area (Å²) in [5.41, 5.74) is 1.71. The Kier molecular flexibility index (Phi) is 3.23.